The van der Waals surface area contributed by atoms with Crippen LogP contribution in [-0.2, 0) is 29.0 Å². The summed E-state index contributed by atoms with van der Waals surface area (Å²) in [5, 5.41) is 3.02. The molecule has 31 heavy (non-hydrogen) atoms. The number of carbonyl (C=O) groups is 2. The van der Waals surface area contributed by atoms with Gasteiger partial charge in [-0.1, -0.05) is 81.8 Å². The Kier molecular flexibility index (Phi) is 9.77. The van der Waals surface area contributed by atoms with Crippen LogP contribution in [0.5, 0.6) is 0 Å². The molecule has 2 aromatic rings. The molecule has 168 valence electrons. The van der Waals surface area contributed by atoms with E-state index < -0.39 is 6.04 Å². The van der Waals surface area contributed by atoms with E-state index in [1.807, 2.05) is 38.1 Å². The zero-order valence-corrected chi connectivity index (χ0v) is 19.8. The van der Waals surface area contributed by atoms with Gasteiger partial charge in [0.1, 0.15) is 6.04 Å². The van der Waals surface area contributed by atoms with E-state index in [2.05, 4.69) is 50.4 Å². The van der Waals surface area contributed by atoms with E-state index in [0.29, 0.717) is 38.3 Å². The number of hydrogen-bond acceptors (Lipinski definition) is 2. The molecule has 0 bridgehead atoms. The largest absolute Gasteiger partial charge is 0.354 e. The van der Waals surface area contributed by atoms with E-state index in [1.54, 1.807) is 4.90 Å². The summed E-state index contributed by atoms with van der Waals surface area (Å²) in [7, 11) is 0. The smallest absolute Gasteiger partial charge is 0.242 e. The van der Waals surface area contributed by atoms with Crippen LogP contribution in [0.2, 0.25) is 0 Å². The van der Waals surface area contributed by atoms with Gasteiger partial charge in [0.2, 0.25) is 11.8 Å². The summed E-state index contributed by atoms with van der Waals surface area (Å²) in [6, 6.07) is 16.2. The molecule has 0 radical (unpaired) electrons. The Labute approximate surface area is 188 Å². The maximum atomic E-state index is 13.3. The molecule has 0 saturated heterocycles. The first-order chi connectivity index (χ1) is 14.8. The lowest BCUT2D eigenvalue weighted by molar-refractivity contribution is -0.141. The van der Waals surface area contributed by atoms with Crippen LogP contribution in [0.3, 0.4) is 0 Å². The van der Waals surface area contributed by atoms with Crippen LogP contribution in [0.25, 0.3) is 0 Å². The number of amides is 2. The molecular formula is C27H38N2O2. The molecule has 0 aliphatic rings. The maximum Gasteiger partial charge on any atom is 0.242 e. The molecule has 0 aliphatic carbocycles. The first-order valence-electron chi connectivity index (χ1n) is 11.5. The minimum absolute atomic E-state index is 0.0201. The van der Waals surface area contributed by atoms with Gasteiger partial charge in [-0.2, -0.15) is 0 Å². The molecule has 4 heteroatoms. The van der Waals surface area contributed by atoms with Gasteiger partial charge in [0.15, 0.2) is 0 Å². The SMILES string of the molecule is CCc1ccc(CCC(=O)N(Cc2ccc(C)cc2)[C@H](CC)C(=O)NCC(C)C)cc1. The van der Waals surface area contributed by atoms with Crippen molar-refractivity contribution in [1.82, 2.24) is 10.2 Å². The Morgan fingerprint density at radius 2 is 1.48 bits per heavy atom. The van der Waals surface area contributed by atoms with E-state index in [-0.39, 0.29) is 11.8 Å². The van der Waals surface area contributed by atoms with E-state index in [0.717, 1.165) is 17.5 Å². The third-order valence-electron chi connectivity index (χ3n) is 5.60. The van der Waals surface area contributed by atoms with Gasteiger partial charge in [-0.25, -0.2) is 0 Å². The highest BCUT2D eigenvalue weighted by molar-refractivity contribution is 5.87. The van der Waals surface area contributed by atoms with E-state index >= 15 is 0 Å². The molecule has 4 nitrogen and oxygen atoms in total. The number of rotatable bonds is 11. The maximum absolute atomic E-state index is 13.3. The molecule has 0 aromatic heterocycles. The Bertz CT molecular complexity index is 825. The molecule has 0 heterocycles. The van der Waals surface area contributed by atoms with Gasteiger partial charge in [-0.05, 0) is 48.8 Å². The van der Waals surface area contributed by atoms with Gasteiger partial charge in [0.25, 0.3) is 0 Å². The van der Waals surface area contributed by atoms with E-state index in [4.69, 9.17) is 0 Å². The van der Waals surface area contributed by atoms with Crippen LogP contribution in [0.1, 0.15) is 62.8 Å². The Morgan fingerprint density at radius 1 is 0.903 bits per heavy atom. The van der Waals surface area contributed by atoms with Crippen molar-refractivity contribution in [3.63, 3.8) is 0 Å². The summed E-state index contributed by atoms with van der Waals surface area (Å²) < 4.78 is 0. The monoisotopic (exact) mass is 422 g/mol. The molecule has 0 unspecified atom stereocenters. The predicted molar refractivity (Wildman–Crippen MR) is 128 cm³/mol. The molecule has 0 spiro atoms. The Hall–Kier alpha value is -2.62. The first-order valence-corrected chi connectivity index (χ1v) is 11.5. The van der Waals surface area contributed by atoms with Crippen molar-refractivity contribution >= 4 is 11.8 Å². The summed E-state index contributed by atoms with van der Waals surface area (Å²) in [6.07, 6.45) is 2.67. The molecule has 1 atom stereocenters. The zero-order chi connectivity index (χ0) is 22.8. The highest BCUT2D eigenvalue weighted by atomic mass is 16.2. The van der Waals surface area contributed by atoms with Crippen molar-refractivity contribution in [3.8, 4) is 0 Å². The topological polar surface area (TPSA) is 49.4 Å². The van der Waals surface area contributed by atoms with Crippen molar-refractivity contribution in [2.24, 2.45) is 5.92 Å². The second kappa shape index (κ2) is 12.3. The van der Waals surface area contributed by atoms with Gasteiger partial charge >= 0.3 is 0 Å². The molecule has 0 aliphatic heterocycles. The second-order valence-electron chi connectivity index (χ2n) is 8.74. The summed E-state index contributed by atoms with van der Waals surface area (Å²) in [4.78, 5) is 28.0. The average Bonchev–Trinajstić information content (AvgIpc) is 2.77. The lowest BCUT2D eigenvalue weighted by atomic mass is 10.0. The molecule has 2 aromatic carbocycles. The van der Waals surface area contributed by atoms with Crippen LogP contribution >= 0.6 is 0 Å². The Balaban J connectivity index is 2.16. The minimum Gasteiger partial charge on any atom is -0.354 e. The highest BCUT2D eigenvalue weighted by Crippen LogP contribution is 2.16. The molecule has 0 fully saturated rings. The minimum atomic E-state index is -0.463. The summed E-state index contributed by atoms with van der Waals surface area (Å²) in [5.41, 5.74) is 4.67. The van der Waals surface area contributed by atoms with Gasteiger partial charge in [0.05, 0.1) is 0 Å². The van der Waals surface area contributed by atoms with Gasteiger partial charge in [-0.15, -0.1) is 0 Å². The van der Waals surface area contributed by atoms with Crippen molar-refractivity contribution < 1.29 is 9.59 Å². The van der Waals surface area contributed by atoms with Gasteiger partial charge in [-0.3, -0.25) is 9.59 Å². The highest BCUT2D eigenvalue weighted by Gasteiger charge is 2.28. The summed E-state index contributed by atoms with van der Waals surface area (Å²) in [5.74, 6) is 0.324. The lowest BCUT2D eigenvalue weighted by Crippen LogP contribution is -2.49. The second-order valence-corrected chi connectivity index (χ2v) is 8.74. The normalized spacial score (nSPS) is 11.9. The fraction of sp³-hybridized carbons (Fsp3) is 0.481. The van der Waals surface area contributed by atoms with Gasteiger partial charge in [0, 0.05) is 19.5 Å². The number of carbonyl (C=O) groups excluding carboxylic acids is 2. The van der Waals surface area contributed by atoms with E-state index in [9.17, 15) is 9.59 Å². The number of hydrogen-bond donors (Lipinski definition) is 1. The molecule has 2 amide bonds. The third kappa shape index (κ3) is 7.86. The quantitative estimate of drug-likeness (QED) is 0.550. The van der Waals surface area contributed by atoms with Crippen LogP contribution in [0.4, 0.5) is 0 Å². The van der Waals surface area contributed by atoms with Crippen molar-refractivity contribution in [2.45, 2.75) is 72.9 Å². The van der Waals surface area contributed by atoms with Crippen LogP contribution in [-0.4, -0.2) is 29.3 Å². The van der Waals surface area contributed by atoms with Crippen LogP contribution in [0.15, 0.2) is 48.5 Å². The summed E-state index contributed by atoms with van der Waals surface area (Å²) in [6.45, 7) is 11.4. The van der Waals surface area contributed by atoms with Crippen LogP contribution < -0.4 is 5.32 Å². The van der Waals surface area contributed by atoms with Crippen LogP contribution in [0, 0.1) is 12.8 Å². The van der Waals surface area contributed by atoms with Crippen molar-refractivity contribution in [1.29, 1.82) is 0 Å². The molecule has 0 saturated carbocycles. The fourth-order valence-electron chi connectivity index (χ4n) is 3.57. The van der Waals surface area contributed by atoms with E-state index in [1.165, 1.54) is 11.1 Å². The first kappa shape index (κ1) is 24.6. The molecule has 2 rings (SSSR count). The van der Waals surface area contributed by atoms with Gasteiger partial charge < -0.3 is 10.2 Å². The average molecular weight is 423 g/mol. The number of nitrogens with zero attached hydrogens (tertiary/aromatic N) is 1. The third-order valence-corrected chi connectivity index (χ3v) is 5.60. The number of aryl methyl sites for hydroxylation is 3. The molecule has 1 N–H and O–H groups in total. The molecular weight excluding hydrogens is 384 g/mol. The van der Waals surface area contributed by atoms with Crippen molar-refractivity contribution in [2.75, 3.05) is 6.54 Å². The lowest BCUT2D eigenvalue weighted by Gasteiger charge is -2.31. The Morgan fingerprint density at radius 3 is 2.03 bits per heavy atom. The predicted octanol–water partition coefficient (Wildman–Crippen LogP) is 5.07. The number of benzene rings is 2. The zero-order valence-electron chi connectivity index (χ0n) is 19.8. The number of nitrogens with one attached hydrogen (secondary N) is 1. The fourth-order valence-corrected chi connectivity index (χ4v) is 3.57. The standard InChI is InChI=1S/C27H38N2O2/c1-6-22-12-14-23(15-13-22)16-17-26(30)29(19-24-10-8-21(5)9-11-24)25(7-2)27(31)28-18-20(3)4/h8-15,20,25H,6-7,16-19H2,1-5H3,(H,28,31)/t25-/m1/s1. The van der Waals surface area contributed by atoms with Crippen molar-refractivity contribution in [3.05, 3.63) is 70.8 Å². The summed E-state index contributed by atoms with van der Waals surface area (Å²) >= 11 is 0.